The smallest absolute Gasteiger partial charge is 0.254 e. The molecule has 0 spiro atoms. The van der Waals surface area contributed by atoms with Gasteiger partial charge in [-0.15, -0.1) is 0 Å². The molecule has 0 saturated carbocycles. The van der Waals surface area contributed by atoms with Gasteiger partial charge in [0.05, 0.1) is 0 Å². The van der Waals surface area contributed by atoms with Crippen LogP contribution >= 0.6 is 11.3 Å². The summed E-state index contributed by atoms with van der Waals surface area (Å²) < 4.78 is 13.5. The van der Waals surface area contributed by atoms with Crippen LogP contribution in [0, 0.1) is 12.7 Å². The minimum absolute atomic E-state index is 0.0648. The minimum atomic E-state index is -0.345. The van der Waals surface area contributed by atoms with E-state index in [0.29, 0.717) is 12.1 Å². The molecule has 0 aliphatic carbocycles. The van der Waals surface area contributed by atoms with Gasteiger partial charge in [0.1, 0.15) is 5.82 Å². The monoisotopic (exact) mass is 332 g/mol. The molecular formula is C18H21FN2OS. The van der Waals surface area contributed by atoms with E-state index >= 15 is 0 Å². The molecule has 3 nitrogen and oxygen atoms in total. The Labute approximate surface area is 140 Å². The molecule has 0 radical (unpaired) electrons. The Morgan fingerprint density at radius 1 is 1.22 bits per heavy atom. The van der Waals surface area contributed by atoms with Crippen LogP contribution in [0.15, 0.2) is 35.0 Å². The molecule has 1 aliphatic rings. The molecule has 2 heterocycles. The second-order valence-corrected chi connectivity index (χ2v) is 6.85. The van der Waals surface area contributed by atoms with E-state index < -0.39 is 0 Å². The molecule has 3 rings (SSSR count). The van der Waals surface area contributed by atoms with Gasteiger partial charge in [-0.3, -0.25) is 9.69 Å². The number of amides is 1. The van der Waals surface area contributed by atoms with Crippen LogP contribution in [0.5, 0.6) is 0 Å². The van der Waals surface area contributed by atoms with Crippen molar-refractivity contribution in [1.29, 1.82) is 0 Å². The van der Waals surface area contributed by atoms with Crippen LogP contribution in [0.3, 0.4) is 0 Å². The third kappa shape index (κ3) is 4.18. The van der Waals surface area contributed by atoms with E-state index in [4.69, 9.17) is 0 Å². The number of hydrogen-bond donors (Lipinski definition) is 0. The average Bonchev–Trinajstić information content (AvgIpc) is 2.90. The predicted molar refractivity (Wildman–Crippen MR) is 91.3 cm³/mol. The Morgan fingerprint density at radius 2 is 2.09 bits per heavy atom. The largest absolute Gasteiger partial charge is 0.337 e. The predicted octanol–water partition coefficient (Wildman–Crippen LogP) is 3.54. The van der Waals surface area contributed by atoms with Crippen molar-refractivity contribution >= 4 is 17.2 Å². The number of carbonyl (C=O) groups excluding carboxylic acids is 1. The lowest BCUT2D eigenvalue weighted by Gasteiger charge is -2.22. The van der Waals surface area contributed by atoms with Gasteiger partial charge >= 0.3 is 0 Å². The Morgan fingerprint density at radius 3 is 2.83 bits per heavy atom. The van der Waals surface area contributed by atoms with Crippen molar-refractivity contribution < 1.29 is 9.18 Å². The van der Waals surface area contributed by atoms with E-state index in [2.05, 4.69) is 21.7 Å². The number of hydrogen-bond acceptors (Lipinski definition) is 3. The molecule has 1 aromatic heterocycles. The van der Waals surface area contributed by atoms with Gasteiger partial charge in [0.2, 0.25) is 0 Å². The van der Waals surface area contributed by atoms with Crippen LogP contribution in [0.25, 0.3) is 0 Å². The summed E-state index contributed by atoms with van der Waals surface area (Å²) in [5.41, 5.74) is 2.56. The molecule has 1 aromatic carbocycles. The molecule has 1 amide bonds. The highest BCUT2D eigenvalue weighted by Crippen LogP contribution is 2.15. The first kappa shape index (κ1) is 16.1. The Bertz CT molecular complexity index is 651. The van der Waals surface area contributed by atoms with Gasteiger partial charge in [-0.2, -0.15) is 11.3 Å². The van der Waals surface area contributed by atoms with Gasteiger partial charge in [-0.05, 0) is 59.5 Å². The molecule has 0 N–H and O–H groups in total. The van der Waals surface area contributed by atoms with Crippen molar-refractivity contribution in [3.8, 4) is 0 Å². The van der Waals surface area contributed by atoms with E-state index in [0.717, 1.165) is 38.2 Å². The first-order chi connectivity index (χ1) is 11.1. The third-order valence-corrected chi connectivity index (χ3v) is 4.88. The second-order valence-electron chi connectivity index (χ2n) is 6.07. The summed E-state index contributed by atoms with van der Waals surface area (Å²) in [4.78, 5) is 16.9. The van der Waals surface area contributed by atoms with Crippen molar-refractivity contribution in [1.82, 2.24) is 9.80 Å². The molecule has 0 atom stereocenters. The van der Waals surface area contributed by atoms with Gasteiger partial charge in [0, 0.05) is 38.3 Å². The quantitative estimate of drug-likeness (QED) is 0.858. The number of thiophene rings is 1. The van der Waals surface area contributed by atoms with Crippen LogP contribution in [-0.2, 0) is 6.54 Å². The van der Waals surface area contributed by atoms with Crippen molar-refractivity contribution in [3.63, 3.8) is 0 Å². The third-order valence-electron chi connectivity index (χ3n) is 4.15. The summed E-state index contributed by atoms with van der Waals surface area (Å²) in [6, 6.07) is 6.69. The summed E-state index contributed by atoms with van der Waals surface area (Å²) in [5, 5.41) is 4.26. The maximum Gasteiger partial charge on any atom is 0.254 e. The van der Waals surface area contributed by atoms with Crippen molar-refractivity contribution in [2.45, 2.75) is 19.9 Å². The highest BCUT2D eigenvalue weighted by atomic mass is 32.1. The SMILES string of the molecule is Cc1cc(F)cc(C(=O)N2CCCN(Cc3ccsc3)CC2)c1. The van der Waals surface area contributed by atoms with E-state index in [-0.39, 0.29) is 11.7 Å². The molecule has 23 heavy (non-hydrogen) atoms. The second kappa shape index (κ2) is 7.23. The number of carbonyl (C=O) groups is 1. The highest BCUT2D eigenvalue weighted by molar-refractivity contribution is 7.07. The van der Waals surface area contributed by atoms with E-state index in [1.807, 2.05) is 11.8 Å². The summed E-state index contributed by atoms with van der Waals surface area (Å²) in [6.45, 7) is 6.01. The molecule has 1 fully saturated rings. The lowest BCUT2D eigenvalue weighted by Crippen LogP contribution is -2.35. The summed E-state index contributed by atoms with van der Waals surface area (Å²) in [6.07, 6.45) is 0.949. The topological polar surface area (TPSA) is 23.6 Å². The maximum atomic E-state index is 13.5. The lowest BCUT2D eigenvalue weighted by atomic mass is 10.1. The number of benzene rings is 1. The Kier molecular flexibility index (Phi) is 5.08. The lowest BCUT2D eigenvalue weighted by molar-refractivity contribution is 0.0760. The highest BCUT2D eigenvalue weighted by Gasteiger charge is 2.21. The zero-order chi connectivity index (χ0) is 16.2. The van der Waals surface area contributed by atoms with E-state index in [1.54, 1.807) is 17.4 Å². The van der Waals surface area contributed by atoms with Gasteiger partial charge in [-0.25, -0.2) is 4.39 Å². The number of rotatable bonds is 3. The van der Waals surface area contributed by atoms with E-state index in [9.17, 15) is 9.18 Å². The van der Waals surface area contributed by atoms with Crippen LogP contribution in [0.1, 0.15) is 27.9 Å². The fourth-order valence-corrected chi connectivity index (χ4v) is 3.68. The zero-order valence-electron chi connectivity index (χ0n) is 13.3. The van der Waals surface area contributed by atoms with E-state index in [1.165, 1.54) is 17.7 Å². The van der Waals surface area contributed by atoms with Gasteiger partial charge in [0.15, 0.2) is 0 Å². The molecule has 2 aromatic rings. The normalized spacial score (nSPS) is 16.3. The fourth-order valence-electron chi connectivity index (χ4n) is 3.02. The zero-order valence-corrected chi connectivity index (χ0v) is 14.1. The van der Waals surface area contributed by atoms with Gasteiger partial charge < -0.3 is 4.90 Å². The molecule has 0 unspecified atom stereocenters. The van der Waals surface area contributed by atoms with Crippen molar-refractivity contribution in [2.24, 2.45) is 0 Å². The molecule has 122 valence electrons. The molecule has 0 bridgehead atoms. The van der Waals surface area contributed by atoms with Crippen molar-refractivity contribution in [3.05, 3.63) is 57.5 Å². The number of nitrogens with zero attached hydrogens (tertiary/aromatic N) is 2. The van der Waals surface area contributed by atoms with Gasteiger partial charge in [-0.1, -0.05) is 0 Å². The van der Waals surface area contributed by atoms with Crippen LogP contribution < -0.4 is 0 Å². The van der Waals surface area contributed by atoms with Crippen molar-refractivity contribution in [2.75, 3.05) is 26.2 Å². The Hall–Kier alpha value is -1.72. The maximum absolute atomic E-state index is 13.5. The molecule has 5 heteroatoms. The summed E-state index contributed by atoms with van der Waals surface area (Å²) in [7, 11) is 0. The average molecular weight is 332 g/mol. The first-order valence-electron chi connectivity index (χ1n) is 7.92. The van der Waals surface area contributed by atoms with Gasteiger partial charge in [0.25, 0.3) is 5.91 Å². The fraction of sp³-hybridized carbons (Fsp3) is 0.389. The standard InChI is InChI=1S/C18H21FN2OS/c1-14-9-16(11-17(19)10-14)18(22)21-5-2-4-20(6-7-21)12-15-3-8-23-13-15/h3,8-11,13H,2,4-7,12H2,1H3. The summed E-state index contributed by atoms with van der Waals surface area (Å²) in [5.74, 6) is -0.410. The molecular weight excluding hydrogens is 311 g/mol. The molecule has 1 aliphatic heterocycles. The van der Waals surface area contributed by atoms with Crippen LogP contribution in [0.2, 0.25) is 0 Å². The van der Waals surface area contributed by atoms with Crippen LogP contribution in [0.4, 0.5) is 4.39 Å². The first-order valence-corrected chi connectivity index (χ1v) is 8.86. The number of aryl methyl sites for hydroxylation is 1. The number of halogens is 1. The Balaban J connectivity index is 1.64. The van der Waals surface area contributed by atoms with Crippen LogP contribution in [-0.4, -0.2) is 41.9 Å². The minimum Gasteiger partial charge on any atom is -0.337 e. The summed E-state index contributed by atoms with van der Waals surface area (Å²) >= 11 is 1.71. The molecule has 1 saturated heterocycles.